The number of hydrogen-bond donors (Lipinski definition) is 2. The Hall–Kier alpha value is -2.47. The van der Waals surface area contributed by atoms with Crippen LogP contribution in [0.4, 0.5) is 11.4 Å². The van der Waals surface area contributed by atoms with Gasteiger partial charge in [0.05, 0.1) is 12.4 Å². The minimum atomic E-state index is -0.124. The highest BCUT2D eigenvalue weighted by Crippen LogP contribution is 2.17. The van der Waals surface area contributed by atoms with Gasteiger partial charge in [0.1, 0.15) is 5.75 Å². The van der Waals surface area contributed by atoms with E-state index in [-0.39, 0.29) is 11.8 Å². The van der Waals surface area contributed by atoms with Gasteiger partial charge in [0.25, 0.3) is 0 Å². The molecule has 5 nitrogen and oxygen atoms in total. The lowest BCUT2D eigenvalue weighted by molar-refractivity contribution is -0.114. The van der Waals surface area contributed by atoms with Crippen molar-refractivity contribution in [2.45, 2.75) is 20.8 Å². The van der Waals surface area contributed by atoms with E-state index in [2.05, 4.69) is 16.7 Å². The van der Waals surface area contributed by atoms with E-state index >= 15 is 0 Å². The molecule has 0 aliphatic heterocycles. The maximum Gasteiger partial charge on any atom is 0.234 e. The summed E-state index contributed by atoms with van der Waals surface area (Å²) in [7, 11) is 0. The summed E-state index contributed by atoms with van der Waals surface area (Å²) >= 11 is 1.53. The van der Waals surface area contributed by atoms with Crippen molar-refractivity contribution < 1.29 is 14.3 Å². The van der Waals surface area contributed by atoms with Gasteiger partial charge in [0.2, 0.25) is 11.8 Å². The number of aryl methyl sites for hydroxylation is 2. The maximum atomic E-state index is 12.0. The fraction of sp³-hybridized carbons (Fsp3) is 0.300. The lowest BCUT2D eigenvalue weighted by Crippen LogP contribution is -2.15. The molecule has 0 saturated carbocycles. The van der Waals surface area contributed by atoms with E-state index in [1.54, 1.807) is 24.3 Å². The third kappa shape index (κ3) is 7.19. The second-order valence-corrected chi connectivity index (χ2v) is 7.14. The highest BCUT2D eigenvalue weighted by atomic mass is 32.2. The van der Waals surface area contributed by atoms with E-state index in [1.807, 2.05) is 26.0 Å². The summed E-state index contributed by atoms with van der Waals surface area (Å²) < 4.78 is 5.73. The van der Waals surface area contributed by atoms with Crippen LogP contribution in [0.5, 0.6) is 5.75 Å². The summed E-state index contributed by atoms with van der Waals surface area (Å²) in [6.45, 7) is 6.10. The van der Waals surface area contributed by atoms with Gasteiger partial charge in [-0.1, -0.05) is 6.07 Å². The van der Waals surface area contributed by atoms with Crippen LogP contribution in [0.1, 0.15) is 18.1 Å². The average molecular weight is 372 g/mol. The molecule has 26 heavy (non-hydrogen) atoms. The Morgan fingerprint density at radius 1 is 0.962 bits per heavy atom. The van der Waals surface area contributed by atoms with Gasteiger partial charge in [-0.25, -0.2) is 0 Å². The van der Waals surface area contributed by atoms with Gasteiger partial charge in [0, 0.05) is 24.1 Å². The summed E-state index contributed by atoms with van der Waals surface area (Å²) in [4.78, 5) is 22.9. The molecule has 0 atom stereocenters. The van der Waals surface area contributed by atoms with E-state index in [4.69, 9.17) is 4.74 Å². The zero-order valence-corrected chi connectivity index (χ0v) is 16.1. The van der Waals surface area contributed by atoms with Crippen LogP contribution >= 0.6 is 11.8 Å². The van der Waals surface area contributed by atoms with Gasteiger partial charge < -0.3 is 15.4 Å². The smallest absolute Gasteiger partial charge is 0.234 e. The number of nitrogens with one attached hydrogen (secondary N) is 2. The molecule has 2 aromatic rings. The SMILES string of the molecule is CC(=O)Nc1ccc(NC(=O)CSCCOc2cc(C)cc(C)c2)cc1. The molecule has 0 aliphatic rings. The molecule has 2 aromatic carbocycles. The Labute approximate surface area is 158 Å². The Balaban J connectivity index is 1.66. The van der Waals surface area contributed by atoms with E-state index in [0.717, 1.165) is 11.5 Å². The van der Waals surface area contributed by atoms with Crippen molar-refractivity contribution in [3.63, 3.8) is 0 Å². The van der Waals surface area contributed by atoms with Gasteiger partial charge in [-0.15, -0.1) is 11.8 Å². The van der Waals surface area contributed by atoms with Crippen LogP contribution in [0.3, 0.4) is 0 Å². The molecule has 2 rings (SSSR count). The first-order chi connectivity index (χ1) is 12.4. The van der Waals surface area contributed by atoms with Crippen molar-refractivity contribution in [2.75, 3.05) is 28.7 Å². The van der Waals surface area contributed by atoms with Crippen LogP contribution in [0.2, 0.25) is 0 Å². The van der Waals surface area contributed by atoms with E-state index < -0.39 is 0 Å². The fourth-order valence-electron chi connectivity index (χ4n) is 2.44. The number of amides is 2. The number of carbonyl (C=O) groups is 2. The minimum absolute atomic E-state index is 0.0614. The first-order valence-electron chi connectivity index (χ1n) is 8.39. The quantitative estimate of drug-likeness (QED) is 0.687. The number of rotatable bonds is 8. The van der Waals surface area contributed by atoms with Crippen LogP contribution in [-0.4, -0.2) is 29.9 Å². The molecule has 0 saturated heterocycles. The van der Waals surface area contributed by atoms with E-state index in [1.165, 1.54) is 29.8 Å². The summed E-state index contributed by atoms with van der Waals surface area (Å²) in [5, 5.41) is 5.52. The van der Waals surface area contributed by atoms with Crippen LogP contribution in [0.15, 0.2) is 42.5 Å². The van der Waals surface area contributed by atoms with Gasteiger partial charge in [-0.3, -0.25) is 9.59 Å². The van der Waals surface area contributed by atoms with Gasteiger partial charge in [-0.05, 0) is 61.4 Å². The molecule has 0 aromatic heterocycles. The van der Waals surface area contributed by atoms with Gasteiger partial charge >= 0.3 is 0 Å². The molecule has 0 spiro atoms. The second-order valence-electron chi connectivity index (χ2n) is 6.03. The van der Waals surface area contributed by atoms with Gasteiger partial charge in [0.15, 0.2) is 0 Å². The van der Waals surface area contributed by atoms with Crippen LogP contribution in [0, 0.1) is 13.8 Å². The van der Waals surface area contributed by atoms with Crippen molar-refractivity contribution in [2.24, 2.45) is 0 Å². The highest BCUT2D eigenvalue weighted by Gasteiger charge is 2.04. The zero-order chi connectivity index (χ0) is 18.9. The number of carbonyl (C=O) groups excluding carboxylic acids is 2. The molecule has 2 amide bonds. The molecular formula is C20H24N2O3S. The number of benzene rings is 2. The average Bonchev–Trinajstić information content (AvgIpc) is 2.55. The van der Waals surface area contributed by atoms with Crippen LogP contribution < -0.4 is 15.4 Å². The third-order valence-electron chi connectivity index (χ3n) is 3.41. The molecule has 0 heterocycles. The number of ether oxygens (including phenoxy) is 1. The fourth-order valence-corrected chi connectivity index (χ4v) is 3.04. The molecule has 0 aliphatic carbocycles. The van der Waals surface area contributed by atoms with Crippen molar-refractivity contribution >= 4 is 35.0 Å². The van der Waals surface area contributed by atoms with Crippen molar-refractivity contribution in [3.05, 3.63) is 53.6 Å². The molecule has 0 unspecified atom stereocenters. The Bertz CT molecular complexity index is 740. The third-order valence-corrected chi connectivity index (χ3v) is 4.34. The topological polar surface area (TPSA) is 67.4 Å². The Morgan fingerprint density at radius 2 is 1.54 bits per heavy atom. The largest absolute Gasteiger partial charge is 0.493 e. The molecule has 6 heteroatoms. The Morgan fingerprint density at radius 3 is 2.12 bits per heavy atom. The molecule has 0 fully saturated rings. The summed E-state index contributed by atoms with van der Waals surface area (Å²) in [6.07, 6.45) is 0. The predicted molar refractivity (Wildman–Crippen MR) is 108 cm³/mol. The van der Waals surface area contributed by atoms with Crippen LogP contribution in [0.25, 0.3) is 0 Å². The first-order valence-corrected chi connectivity index (χ1v) is 9.54. The van der Waals surface area contributed by atoms with Gasteiger partial charge in [-0.2, -0.15) is 0 Å². The van der Waals surface area contributed by atoms with E-state index in [9.17, 15) is 9.59 Å². The second kappa shape index (κ2) is 9.87. The first kappa shape index (κ1) is 19.8. The molecule has 0 bridgehead atoms. The number of anilines is 2. The zero-order valence-electron chi connectivity index (χ0n) is 15.3. The van der Waals surface area contributed by atoms with Crippen molar-refractivity contribution in [1.29, 1.82) is 0 Å². The maximum absolute atomic E-state index is 12.0. The molecule has 138 valence electrons. The normalized spacial score (nSPS) is 10.3. The predicted octanol–water partition coefficient (Wildman–Crippen LogP) is 4.01. The lowest BCUT2D eigenvalue weighted by Gasteiger charge is -2.09. The van der Waals surface area contributed by atoms with Crippen molar-refractivity contribution in [1.82, 2.24) is 0 Å². The van der Waals surface area contributed by atoms with Crippen LogP contribution in [-0.2, 0) is 9.59 Å². The number of hydrogen-bond acceptors (Lipinski definition) is 4. The highest BCUT2D eigenvalue weighted by molar-refractivity contribution is 7.99. The molecule has 0 radical (unpaired) electrons. The summed E-state index contributed by atoms with van der Waals surface area (Å²) in [5.41, 5.74) is 3.76. The van der Waals surface area contributed by atoms with Crippen molar-refractivity contribution in [3.8, 4) is 5.75 Å². The molecule has 2 N–H and O–H groups in total. The van der Waals surface area contributed by atoms with E-state index in [0.29, 0.717) is 23.7 Å². The minimum Gasteiger partial charge on any atom is -0.493 e. The summed E-state index contributed by atoms with van der Waals surface area (Å²) in [5.74, 6) is 1.78. The summed E-state index contributed by atoms with van der Waals surface area (Å²) in [6, 6.07) is 13.1. The standard InChI is InChI=1S/C20H24N2O3S/c1-14-10-15(2)12-19(11-14)25-8-9-26-13-20(24)22-18-6-4-17(5-7-18)21-16(3)23/h4-7,10-12H,8-9,13H2,1-3H3,(H,21,23)(H,22,24). The monoisotopic (exact) mass is 372 g/mol. The Kier molecular flexibility index (Phi) is 7.53. The molecular weight excluding hydrogens is 348 g/mol. The number of thioether (sulfide) groups is 1. The lowest BCUT2D eigenvalue weighted by atomic mass is 10.1.